The summed E-state index contributed by atoms with van der Waals surface area (Å²) in [5.41, 5.74) is 1.25. The first-order valence-corrected chi connectivity index (χ1v) is 5.23. The molecule has 0 aromatic heterocycles. The van der Waals surface area contributed by atoms with Gasteiger partial charge in [-0.2, -0.15) is 5.26 Å². The highest BCUT2D eigenvalue weighted by atomic mass is 16.3. The van der Waals surface area contributed by atoms with E-state index in [1.165, 1.54) is 0 Å². The minimum Gasteiger partial charge on any atom is -0.396 e. The van der Waals surface area contributed by atoms with Crippen LogP contribution in [0.3, 0.4) is 0 Å². The van der Waals surface area contributed by atoms with E-state index in [-0.39, 0.29) is 25.4 Å². The minimum absolute atomic E-state index is 0.0815. The fourth-order valence-corrected chi connectivity index (χ4v) is 1.35. The van der Waals surface area contributed by atoms with Gasteiger partial charge in [-0.1, -0.05) is 12.1 Å². The molecule has 1 unspecified atom stereocenters. The van der Waals surface area contributed by atoms with Crippen molar-refractivity contribution in [3.05, 3.63) is 29.8 Å². The number of hydrogen-bond donors (Lipinski definition) is 3. The Bertz CT molecular complexity index is 409. The van der Waals surface area contributed by atoms with E-state index in [2.05, 4.69) is 5.32 Å². The number of aliphatic hydroxyl groups is 2. The number of nitrogens with zero attached hydrogens (tertiary/aromatic N) is 1. The van der Waals surface area contributed by atoms with E-state index in [1.807, 2.05) is 0 Å². The van der Waals surface area contributed by atoms with Crippen LogP contribution in [0, 0.1) is 11.3 Å². The summed E-state index contributed by atoms with van der Waals surface area (Å²) in [7, 11) is 0. The van der Waals surface area contributed by atoms with Gasteiger partial charge in [0.15, 0.2) is 0 Å². The molecule has 90 valence electrons. The molecule has 1 aromatic rings. The summed E-state index contributed by atoms with van der Waals surface area (Å²) in [4.78, 5) is 11.1. The second-order valence-corrected chi connectivity index (χ2v) is 3.53. The first kappa shape index (κ1) is 13.2. The van der Waals surface area contributed by atoms with Gasteiger partial charge < -0.3 is 15.5 Å². The summed E-state index contributed by atoms with van der Waals surface area (Å²) in [5, 5.41) is 29.1. The minimum atomic E-state index is -0.705. The number of rotatable bonds is 5. The van der Waals surface area contributed by atoms with Gasteiger partial charge >= 0.3 is 0 Å². The van der Waals surface area contributed by atoms with E-state index in [0.29, 0.717) is 11.3 Å². The van der Waals surface area contributed by atoms with Crippen LogP contribution in [-0.2, 0) is 4.79 Å². The van der Waals surface area contributed by atoms with Crippen LogP contribution in [0.15, 0.2) is 24.3 Å². The fraction of sp³-hybridized carbons (Fsp3) is 0.333. The second kappa shape index (κ2) is 6.63. The summed E-state index contributed by atoms with van der Waals surface area (Å²) in [6.45, 7) is -0.0815. The maximum Gasteiger partial charge on any atom is 0.238 e. The molecule has 3 N–H and O–H groups in total. The predicted molar refractivity (Wildman–Crippen MR) is 62.0 cm³/mol. The molecule has 0 spiro atoms. The van der Waals surface area contributed by atoms with Crippen molar-refractivity contribution in [1.82, 2.24) is 0 Å². The van der Waals surface area contributed by atoms with E-state index in [4.69, 9.17) is 10.4 Å². The maximum atomic E-state index is 11.1. The zero-order chi connectivity index (χ0) is 12.7. The van der Waals surface area contributed by atoms with Crippen molar-refractivity contribution in [2.75, 3.05) is 11.9 Å². The van der Waals surface area contributed by atoms with Crippen LogP contribution in [-0.4, -0.2) is 22.7 Å². The maximum absolute atomic E-state index is 11.1. The van der Waals surface area contributed by atoms with Crippen LogP contribution in [0.1, 0.15) is 24.5 Å². The molecule has 1 aromatic carbocycles. The summed E-state index contributed by atoms with van der Waals surface area (Å²) in [6.07, 6.45) is -0.612. The van der Waals surface area contributed by atoms with Gasteiger partial charge in [0, 0.05) is 18.7 Å². The molecular weight excluding hydrogens is 220 g/mol. The number of nitrogens with one attached hydrogen (secondary N) is 1. The van der Waals surface area contributed by atoms with Crippen LogP contribution >= 0.6 is 0 Å². The Balaban J connectivity index is 2.62. The average molecular weight is 234 g/mol. The van der Waals surface area contributed by atoms with Gasteiger partial charge in [-0.25, -0.2) is 0 Å². The molecular formula is C12H14N2O3. The number of amides is 1. The smallest absolute Gasteiger partial charge is 0.238 e. The van der Waals surface area contributed by atoms with Crippen molar-refractivity contribution in [3.63, 3.8) is 0 Å². The molecule has 0 radical (unpaired) electrons. The Hall–Kier alpha value is -1.90. The topological polar surface area (TPSA) is 93.4 Å². The highest BCUT2D eigenvalue weighted by Gasteiger charge is 2.07. The van der Waals surface area contributed by atoms with Gasteiger partial charge in [0.05, 0.1) is 12.2 Å². The molecule has 17 heavy (non-hydrogen) atoms. The van der Waals surface area contributed by atoms with Gasteiger partial charge in [-0.3, -0.25) is 4.79 Å². The Morgan fingerprint density at radius 1 is 1.41 bits per heavy atom. The van der Waals surface area contributed by atoms with Gasteiger partial charge in [-0.15, -0.1) is 0 Å². The van der Waals surface area contributed by atoms with Crippen LogP contribution in [0.4, 0.5) is 5.69 Å². The van der Waals surface area contributed by atoms with E-state index in [9.17, 15) is 9.90 Å². The van der Waals surface area contributed by atoms with Crippen molar-refractivity contribution in [3.8, 4) is 6.07 Å². The number of anilines is 1. The Morgan fingerprint density at radius 3 is 2.59 bits per heavy atom. The van der Waals surface area contributed by atoms with E-state index >= 15 is 0 Å². The van der Waals surface area contributed by atoms with E-state index in [1.54, 1.807) is 30.3 Å². The predicted octanol–water partition coefficient (Wildman–Crippen LogP) is 0.955. The quantitative estimate of drug-likeness (QED) is 0.707. The highest BCUT2D eigenvalue weighted by Crippen LogP contribution is 2.18. The Kier molecular flexibility index (Phi) is 5.14. The van der Waals surface area contributed by atoms with E-state index in [0.717, 1.165) is 0 Å². The monoisotopic (exact) mass is 234 g/mol. The number of nitriles is 1. The molecule has 0 fully saturated rings. The van der Waals surface area contributed by atoms with Crippen molar-refractivity contribution >= 4 is 11.6 Å². The summed E-state index contributed by atoms with van der Waals surface area (Å²) in [6, 6.07) is 8.38. The normalized spacial score (nSPS) is 11.6. The van der Waals surface area contributed by atoms with Crippen molar-refractivity contribution in [2.24, 2.45) is 0 Å². The van der Waals surface area contributed by atoms with E-state index < -0.39 is 6.10 Å². The van der Waals surface area contributed by atoms with Crippen LogP contribution in [0.2, 0.25) is 0 Å². The first-order valence-electron chi connectivity index (χ1n) is 5.23. The molecule has 5 heteroatoms. The van der Waals surface area contributed by atoms with Gasteiger partial charge in [0.25, 0.3) is 0 Å². The third-order valence-corrected chi connectivity index (χ3v) is 2.22. The first-order chi connectivity index (χ1) is 8.17. The molecule has 0 aliphatic heterocycles. The summed E-state index contributed by atoms with van der Waals surface area (Å²) in [5.74, 6) is -0.365. The van der Waals surface area contributed by atoms with Crippen molar-refractivity contribution in [2.45, 2.75) is 18.9 Å². The molecule has 0 heterocycles. The van der Waals surface area contributed by atoms with Crippen molar-refractivity contribution < 1.29 is 15.0 Å². The molecule has 5 nitrogen and oxygen atoms in total. The molecule has 1 atom stereocenters. The lowest BCUT2D eigenvalue weighted by atomic mass is 10.1. The molecule has 0 bridgehead atoms. The lowest BCUT2D eigenvalue weighted by Gasteiger charge is -2.10. The average Bonchev–Trinajstić information content (AvgIpc) is 2.30. The number of benzene rings is 1. The molecule has 0 saturated heterocycles. The standard InChI is InChI=1S/C12H14N2O3/c13-7-5-12(17)14-10-3-1-9(2-4-10)11(16)6-8-15/h1-4,11,15-16H,5-6,8H2,(H,14,17). The van der Waals surface area contributed by atoms with Gasteiger partial charge in [0.1, 0.15) is 6.42 Å². The second-order valence-electron chi connectivity index (χ2n) is 3.53. The number of carbonyl (C=O) groups is 1. The lowest BCUT2D eigenvalue weighted by Crippen LogP contribution is -2.10. The van der Waals surface area contributed by atoms with Gasteiger partial charge in [0.2, 0.25) is 5.91 Å². The fourth-order valence-electron chi connectivity index (χ4n) is 1.35. The summed E-state index contributed by atoms with van der Waals surface area (Å²) >= 11 is 0. The highest BCUT2D eigenvalue weighted by molar-refractivity contribution is 5.91. The molecule has 1 amide bonds. The zero-order valence-electron chi connectivity index (χ0n) is 9.26. The SMILES string of the molecule is N#CCC(=O)Nc1ccc(C(O)CCO)cc1. The largest absolute Gasteiger partial charge is 0.396 e. The molecule has 0 aliphatic carbocycles. The number of hydrogen-bond acceptors (Lipinski definition) is 4. The lowest BCUT2D eigenvalue weighted by molar-refractivity contribution is -0.115. The van der Waals surface area contributed by atoms with Crippen molar-refractivity contribution in [1.29, 1.82) is 5.26 Å². The molecule has 0 saturated carbocycles. The zero-order valence-corrected chi connectivity index (χ0v) is 9.26. The van der Waals surface area contributed by atoms with Crippen LogP contribution in [0.5, 0.6) is 0 Å². The summed E-state index contributed by atoms with van der Waals surface area (Å²) < 4.78 is 0. The van der Waals surface area contributed by atoms with Gasteiger partial charge in [-0.05, 0) is 17.7 Å². The number of carbonyl (C=O) groups excluding carboxylic acids is 1. The molecule has 1 rings (SSSR count). The third kappa shape index (κ3) is 4.23. The molecule has 0 aliphatic rings. The Morgan fingerprint density at radius 2 is 2.06 bits per heavy atom. The Labute approximate surface area is 99.3 Å². The van der Waals surface area contributed by atoms with Crippen LogP contribution in [0.25, 0.3) is 0 Å². The third-order valence-electron chi connectivity index (χ3n) is 2.22. The van der Waals surface area contributed by atoms with Crippen LogP contribution < -0.4 is 5.32 Å². The number of aliphatic hydroxyl groups excluding tert-OH is 2.